The fraction of sp³-hybridized carbons (Fsp3) is 0.652. The van der Waals surface area contributed by atoms with Gasteiger partial charge in [-0.25, -0.2) is 0 Å². The molecular weight excluding hydrogens is 664 g/mol. The molecular formula is C46H66O7. The van der Waals surface area contributed by atoms with E-state index in [-0.39, 0.29) is 42.7 Å². The normalized spacial score (nSPS) is 42.5. The molecule has 292 valence electrons. The van der Waals surface area contributed by atoms with Crippen LogP contribution in [-0.4, -0.2) is 82.0 Å². The van der Waals surface area contributed by atoms with Crippen LogP contribution < -0.4 is 0 Å². The van der Waals surface area contributed by atoms with E-state index in [9.17, 15) is 10.2 Å². The zero-order valence-corrected chi connectivity index (χ0v) is 33.1. The van der Waals surface area contributed by atoms with Gasteiger partial charge in [0.2, 0.25) is 0 Å². The van der Waals surface area contributed by atoms with Crippen LogP contribution in [0.3, 0.4) is 0 Å². The third-order valence-corrected chi connectivity index (χ3v) is 13.0. The molecule has 0 aromatic heterocycles. The van der Waals surface area contributed by atoms with Gasteiger partial charge in [-0.1, -0.05) is 91.9 Å². The Labute approximate surface area is 319 Å². The molecule has 0 spiro atoms. The number of rotatable bonds is 10. The first kappa shape index (κ1) is 40.3. The minimum absolute atomic E-state index is 0.0811. The molecule has 0 saturated carbocycles. The van der Waals surface area contributed by atoms with Crippen LogP contribution >= 0.6 is 0 Å². The van der Waals surface area contributed by atoms with Crippen LogP contribution in [0.25, 0.3) is 6.08 Å². The van der Waals surface area contributed by atoms with Crippen molar-refractivity contribution < 1.29 is 33.9 Å². The number of aliphatic hydroxyl groups excluding tert-OH is 1. The van der Waals surface area contributed by atoms with E-state index in [0.717, 1.165) is 51.4 Å². The van der Waals surface area contributed by atoms with Gasteiger partial charge in [0, 0.05) is 12.8 Å². The van der Waals surface area contributed by atoms with Crippen molar-refractivity contribution in [2.45, 2.75) is 184 Å². The minimum Gasteiger partial charge on any atom is -0.390 e. The maximum Gasteiger partial charge on any atom is 0.111 e. The van der Waals surface area contributed by atoms with E-state index in [1.807, 2.05) is 19.1 Å². The number of aliphatic hydroxyl groups is 2. The van der Waals surface area contributed by atoms with Gasteiger partial charge in [0.25, 0.3) is 0 Å². The van der Waals surface area contributed by atoms with Gasteiger partial charge in [-0.15, -0.1) is 0 Å². The molecule has 5 aliphatic heterocycles. The van der Waals surface area contributed by atoms with Gasteiger partial charge in [-0.2, -0.15) is 0 Å². The first-order valence-corrected chi connectivity index (χ1v) is 20.4. The lowest BCUT2D eigenvalue weighted by molar-refractivity contribution is -0.273. The second-order valence-electron chi connectivity index (χ2n) is 17.3. The summed E-state index contributed by atoms with van der Waals surface area (Å²) in [5, 5.41) is 23.2. The fourth-order valence-corrected chi connectivity index (χ4v) is 9.40. The monoisotopic (exact) mass is 730 g/mol. The predicted molar refractivity (Wildman–Crippen MR) is 211 cm³/mol. The zero-order chi connectivity index (χ0) is 37.8. The minimum atomic E-state index is -0.922. The Morgan fingerprint density at radius 3 is 2.34 bits per heavy atom. The molecule has 7 nitrogen and oxygen atoms in total. The largest absolute Gasteiger partial charge is 0.390 e. The van der Waals surface area contributed by atoms with Gasteiger partial charge < -0.3 is 33.9 Å². The average molecular weight is 731 g/mol. The second kappa shape index (κ2) is 17.2. The molecule has 13 unspecified atom stereocenters. The van der Waals surface area contributed by atoms with Crippen LogP contribution in [0.4, 0.5) is 0 Å². The highest BCUT2D eigenvalue weighted by Gasteiger charge is 2.58. The van der Waals surface area contributed by atoms with Gasteiger partial charge in [0.15, 0.2) is 0 Å². The summed E-state index contributed by atoms with van der Waals surface area (Å²) in [5.74, 6) is 0.321. The molecule has 0 bridgehead atoms. The maximum absolute atomic E-state index is 11.8. The van der Waals surface area contributed by atoms with E-state index in [1.165, 1.54) is 16.7 Å². The van der Waals surface area contributed by atoms with Crippen molar-refractivity contribution in [3.8, 4) is 0 Å². The van der Waals surface area contributed by atoms with Crippen molar-refractivity contribution in [2.24, 2.45) is 5.92 Å². The highest BCUT2D eigenvalue weighted by atomic mass is 16.6. The highest BCUT2D eigenvalue weighted by Crippen LogP contribution is 2.49. The molecule has 1 aromatic rings. The van der Waals surface area contributed by atoms with Crippen LogP contribution in [0.2, 0.25) is 0 Å². The molecule has 2 N–H and O–H groups in total. The quantitative estimate of drug-likeness (QED) is 0.233. The lowest BCUT2D eigenvalue weighted by Crippen LogP contribution is -2.59. The third-order valence-electron chi connectivity index (χ3n) is 13.0. The predicted octanol–water partition coefficient (Wildman–Crippen LogP) is 8.99. The van der Waals surface area contributed by atoms with Gasteiger partial charge in [-0.3, -0.25) is 0 Å². The van der Waals surface area contributed by atoms with Gasteiger partial charge >= 0.3 is 0 Å². The van der Waals surface area contributed by atoms with Crippen molar-refractivity contribution in [3.05, 3.63) is 90.1 Å². The lowest BCUT2D eigenvalue weighted by Gasteiger charge is -2.49. The summed E-state index contributed by atoms with van der Waals surface area (Å²) in [6.45, 7) is 16.5. The Morgan fingerprint density at radius 2 is 1.57 bits per heavy atom. The second-order valence-corrected chi connectivity index (χ2v) is 17.3. The highest BCUT2D eigenvalue weighted by molar-refractivity contribution is 5.51. The standard InChI is InChI=1S/C46H66O7/c1-8-9-10-14-23-40-44(5,48)26-24-37-38(49-40)25-27-45(6)42(50-37)29-39-43(53-45)35(47)30-46(7)41(51-39)28-33(4)36(52-46)22-16-18-32(3)31(2)17-15-21-34-19-12-11-13-20-34/h8-13,15,17-21,33,35-43,47-48H,1,14,16,22-30H2,2-7H3/b10-9-,21-15+,31-17+,32-18+. The molecule has 5 saturated heterocycles. The third kappa shape index (κ3) is 9.55. The summed E-state index contributed by atoms with van der Waals surface area (Å²) in [6.07, 6.45) is 20.6. The van der Waals surface area contributed by atoms with Crippen LogP contribution in [0.15, 0.2) is 84.5 Å². The molecule has 6 rings (SSSR count). The molecule has 5 fully saturated rings. The molecule has 7 heteroatoms. The van der Waals surface area contributed by atoms with Gasteiger partial charge in [-0.05, 0) is 109 Å². The Kier molecular flexibility index (Phi) is 13.1. The summed E-state index contributed by atoms with van der Waals surface area (Å²) >= 11 is 0. The number of benzene rings is 1. The number of fused-ring (bicyclic) bond motifs is 4. The Bertz CT molecular complexity index is 1500. The van der Waals surface area contributed by atoms with Crippen LogP contribution in [0, 0.1) is 5.92 Å². The first-order chi connectivity index (χ1) is 25.3. The van der Waals surface area contributed by atoms with Crippen molar-refractivity contribution in [1.29, 1.82) is 0 Å². The molecule has 53 heavy (non-hydrogen) atoms. The smallest absolute Gasteiger partial charge is 0.111 e. The number of hydrogen-bond donors (Lipinski definition) is 2. The van der Waals surface area contributed by atoms with Crippen molar-refractivity contribution in [3.63, 3.8) is 0 Å². The van der Waals surface area contributed by atoms with E-state index in [4.69, 9.17) is 23.7 Å². The van der Waals surface area contributed by atoms with Crippen LogP contribution in [0.1, 0.15) is 118 Å². The number of ether oxygens (including phenoxy) is 5. The molecule has 5 heterocycles. The fourth-order valence-electron chi connectivity index (χ4n) is 9.40. The van der Waals surface area contributed by atoms with Gasteiger partial charge in [0.05, 0.1) is 65.6 Å². The van der Waals surface area contributed by atoms with Gasteiger partial charge in [0.1, 0.15) is 6.10 Å². The molecule has 0 aliphatic carbocycles. The molecule has 0 radical (unpaired) electrons. The maximum atomic E-state index is 11.8. The molecule has 5 aliphatic rings. The Balaban J connectivity index is 1.08. The summed E-state index contributed by atoms with van der Waals surface area (Å²) in [5.41, 5.74) is 1.62. The van der Waals surface area contributed by atoms with Crippen molar-refractivity contribution in [1.82, 2.24) is 0 Å². The summed E-state index contributed by atoms with van der Waals surface area (Å²) in [7, 11) is 0. The summed E-state index contributed by atoms with van der Waals surface area (Å²) in [4.78, 5) is 0. The van der Waals surface area contributed by atoms with Crippen molar-refractivity contribution >= 4 is 6.08 Å². The zero-order valence-electron chi connectivity index (χ0n) is 33.1. The number of allylic oxidation sites excluding steroid dienone is 8. The molecule has 13 atom stereocenters. The first-order valence-electron chi connectivity index (χ1n) is 20.4. The van der Waals surface area contributed by atoms with Crippen LogP contribution in [-0.2, 0) is 23.7 Å². The number of hydrogen-bond acceptors (Lipinski definition) is 7. The van der Waals surface area contributed by atoms with E-state index >= 15 is 0 Å². The summed E-state index contributed by atoms with van der Waals surface area (Å²) < 4.78 is 34.5. The van der Waals surface area contributed by atoms with E-state index < -0.39 is 29.0 Å². The van der Waals surface area contributed by atoms with E-state index in [0.29, 0.717) is 25.2 Å². The molecule has 1 aromatic carbocycles. The Morgan fingerprint density at radius 1 is 0.849 bits per heavy atom. The topological polar surface area (TPSA) is 86.6 Å². The lowest BCUT2D eigenvalue weighted by atomic mass is 9.79. The SMILES string of the molecule is C=C/C=C\CCC1OC2CCC3(C)OC4C(O)CC5(C)OC(CC/C=C(C)/C(C)=C/C=C/c6ccccc6)C(C)CC5OC4CC3OC2CCC1(C)O. The van der Waals surface area contributed by atoms with Crippen LogP contribution in [0.5, 0.6) is 0 Å². The van der Waals surface area contributed by atoms with E-state index in [1.54, 1.807) is 6.08 Å². The average Bonchev–Trinajstić information content (AvgIpc) is 3.38. The van der Waals surface area contributed by atoms with E-state index in [2.05, 4.69) is 95.8 Å². The molecule has 0 amide bonds. The van der Waals surface area contributed by atoms with Crippen molar-refractivity contribution in [2.75, 3.05) is 0 Å². The summed E-state index contributed by atoms with van der Waals surface area (Å²) in [6, 6.07) is 10.4. The Hall–Kier alpha value is -2.36.